The van der Waals surface area contributed by atoms with Crippen molar-refractivity contribution in [3.63, 3.8) is 0 Å². The van der Waals surface area contributed by atoms with Crippen LogP contribution in [0.25, 0.3) is 0 Å². The van der Waals surface area contributed by atoms with Crippen LogP contribution >= 0.6 is 0 Å². The largest absolute Gasteiger partial charge is 0.387 e. The molecule has 0 saturated heterocycles. The van der Waals surface area contributed by atoms with E-state index in [1.54, 1.807) is 0 Å². The second-order valence-electron chi connectivity index (χ2n) is 4.23. The highest BCUT2D eigenvalue weighted by molar-refractivity contribution is 5.11. The zero-order valence-electron chi connectivity index (χ0n) is 7.99. The van der Waals surface area contributed by atoms with Gasteiger partial charge in [0.05, 0.1) is 0 Å². The predicted octanol–water partition coefficient (Wildman–Crippen LogP) is -3.05. The molecule has 14 heavy (non-hydrogen) atoms. The average molecular weight is 208 g/mol. The molecule has 1 saturated carbocycles. The molecule has 1 rings (SSSR count). The quantitative estimate of drug-likeness (QED) is 0.251. The third-order valence-electron chi connectivity index (χ3n) is 2.95. The third-order valence-corrected chi connectivity index (χ3v) is 2.95. The Morgan fingerprint density at radius 3 is 1.36 bits per heavy atom. The van der Waals surface area contributed by atoms with Crippen molar-refractivity contribution >= 4 is 0 Å². The summed E-state index contributed by atoms with van der Waals surface area (Å²) in [5, 5.41) is 56.7. The van der Waals surface area contributed by atoms with Crippen LogP contribution in [0.15, 0.2) is 0 Å². The van der Waals surface area contributed by atoms with Crippen molar-refractivity contribution in [2.45, 2.75) is 49.5 Å². The number of rotatable bonds is 0. The van der Waals surface area contributed by atoms with Gasteiger partial charge >= 0.3 is 0 Å². The van der Waals surface area contributed by atoms with Gasteiger partial charge in [0.2, 0.25) is 0 Å². The lowest BCUT2D eigenvalue weighted by molar-refractivity contribution is -0.294. The first kappa shape index (κ1) is 11.8. The van der Waals surface area contributed by atoms with Crippen LogP contribution in [-0.2, 0) is 0 Å². The molecular weight excluding hydrogens is 192 g/mol. The maximum absolute atomic E-state index is 9.60. The van der Waals surface area contributed by atoms with Crippen molar-refractivity contribution in [1.82, 2.24) is 0 Å². The molecule has 0 radical (unpaired) electrons. The Kier molecular flexibility index (Phi) is 2.64. The van der Waals surface area contributed by atoms with Gasteiger partial charge in [-0.15, -0.1) is 0 Å². The lowest BCUT2D eigenvalue weighted by atomic mass is 9.69. The Morgan fingerprint density at radius 2 is 1.07 bits per heavy atom. The number of aliphatic hydroxyl groups excluding tert-OH is 4. The van der Waals surface area contributed by atoms with Crippen molar-refractivity contribution in [2.24, 2.45) is 0 Å². The van der Waals surface area contributed by atoms with E-state index in [1.165, 1.54) is 0 Å². The molecular formula is C8H16O6. The second kappa shape index (κ2) is 3.13. The predicted molar refractivity (Wildman–Crippen MR) is 45.3 cm³/mol. The van der Waals surface area contributed by atoms with E-state index in [0.29, 0.717) is 0 Å². The first-order valence-electron chi connectivity index (χ1n) is 4.30. The summed E-state index contributed by atoms with van der Waals surface area (Å²) in [6, 6.07) is 0. The summed E-state index contributed by atoms with van der Waals surface area (Å²) in [6.07, 6.45) is -6.88. The molecule has 0 aromatic rings. The van der Waals surface area contributed by atoms with Gasteiger partial charge in [-0.3, -0.25) is 0 Å². The first-order chi connectivity index (χ1) is 6.13. The van der Waals surface area contributed by atoms with Crippen LogP contribution in [0.2, 0.25) is 0 Å². The minimum Gasteiger partial charge on any atom is -0.387 e. The van der Waals surface area contributed by atoms with E-state index in [2.05, 4.69) is 0 Å². The Bertz CT molecular complexity index is 204. The number of hydrogen-bond donors (Lipinski definition) is 6. The van der Waals surface area contributed by atoms with Gasteiger partial charge in [0, 0.05) is 0 Å². The fraction of sp³-hybridized carbons (Fsp3) is 1.00. The van der Waals surface area contributed by atoms with Gasteiger partial charge < -0.3 is 30.6 Å². The minimum absolute atomic E-state index is 1.08. The monoisotopic (exact) mass is 208 g/mol. The topological polar surface area (TPSA) is 121 Å². The van der Waals surface area contributed by atoms with Gasteiger partial charge in [0.1, 0.15) is 35.6 Å². The van der Waals surface area contributed by atoms with Crippen LogP contribution in [0.3, 0.4) is 0 Å². The fourth-order valence-electron chi connectivity index (χ4n) is 1.78. The number of hydrogen-bond acceptors (Lipinski definition) is 6. The second-order valence-corrected chi connectivity index (χ2v) is 4.23. The summed E-state index contributed by atoms with van der Waals surface area (Å²) in [4.78, 5) is 0. The van der Waals surface area contributed by atoms with Gasteiger partial charge in [-0.05, 0) is 13.8 Å². The molecule has 1 fully saturated rings. The normalized spacial score (nSPS) is 60.0. The van der Waals surface area contributed by atoms with Crippen molar-refractivity contribution in [3.8, 4) is 0 Å². The van der Waals surface area contributed by atoms with Crippen LogP contribution < -0.4 is 0 Å². The van der Waals surface area contributed by atoms with E-state index >= 15 is 0 Å². The molecule has 0 heterocycles. The summed E-state index contributed by atoms with van der Waals surface area (Å²) < 4.78 is 0. The molecule has 6 N–H and O–H groups in total. The highest BCUT2D eigenvalue weighted by Crippen LogP contribution is 2.36. The van der Waals surface area contributed by atoms with Gasteiger partial charge in [-0.1, -0.05) is 0 Å². The van der Waals surface area contributed by atoms with E-state index < -0.39 is 35.6 Å². The van der Waals surface area contributed by atoms with Crippen LogP contribution in [0.5, 0.6) is 0 Å². The molecule has 6 nitrogen and oxygen atoms in total. The van der Waals surface area contributed by atoms with Gasteiger partial charge in [0.25, 0.3) is 0 Å². The molecule has 0 aromatic heterocycles. The molecule has 6 atom stereocenters. The van der Waals surface area contributed by atoms with Crippen molar-refractivity contribution in [3.05, 3.63) is 0 Å². The Balaban J connectivity index is 3.09. The lowest BCUT2D eigenvalue weighted by Crippen LogP contribution is -2.74. The molecule has 0 aliphatic heterocycles. The van der Waals surface area contributed by atoms with E-state index in [9.17, 15) is 30.6 Å². The summed E-state index contributed by atoms with van der Waals surface area (Å²) in [6.45, 7) is 2.15. The molecule has 0 spiro atoms. The summed E-state index contributed by atoms with van der Waals surface area (Å²) in [5.41, 5.74) is -4.13. The van der Waals surface area contributed by atoms with Crippen molar-refractivity contribution < 1.29 is 30.6 Å². The number of aliphatic hydroxyl groups is 6. The standard InChI is InChI=1S/C8H16O6/c1-7(13)4(10)3(9)5(11)8(2,14)6(7)12/h3-6,9-14H,1-2H3/t3-,4-,5+,6+,7+,8-. The van der Waals surface area contributed by atoms with Crippen LogP contribution in [0, 0.1) is 0 Å². The Labute approximate surface area is 81.1 Å². The molecule has 0 amide bonds. The van der Waals surface area contributed by atoms with Crippen LogP contribution in [0.4, 0.5) is 0 Å². The third kappa shape index (κ3) is 1.35. The zero-order chi connectivity index (χ0) is 11.3. The Morgan fingerprint density at radius 1 is 0.786 bits per heavy atom. The van der Waals surface area contributed by atoms with Crippen molar-refractivity contribution in [1.29, 1.82) is 0 Å². The SMILES string of the molecule is C[C@]1(O)[C@@H](O)[C@@](C)(O)[C@H](O)[C@@H](O)[C@@H]1O. The minimum atomic E-state index is -2.07. The summed E-state index contributed by atoms with van der Waals surface area (Å²) in [7, 11) is 0. The zero-order valence-corrected chi connectivity index (χ0v) is 7.99. The molecule has 84 valence electrons. The van der Waals surface area contributed by atoms with Crippen LogP contribution in [-0.4, -0.2) is 66.3 Å². The van der Waals surface area contributed by atoms with Crippen LogP contribution in [0.1, 0.15) is 13.8 Å². The molecule has 0 aromatic carbocycles. The Hall–Kier alpha value is -0.240. The van der Waals surface area contributed by atoms with Gasteiger partial charge in [0.15, 0.2) is 0 Å². The first-order valence-corrected chi connectivity index (χ1v) is 4.30. The van der Waals surface area contributed by atoms with Crippen molar-refractivity contribution in [2.75, 3.05) is 0 Å². The maximum atomic E-state index is 9.60. The van der Waals surface area contributed by atoms with E-state index in [0.717, 1.165) is 13.8 Å². The van der Waals surface area contributed by atoms with E-state index in [4.69, 9.17) is 0 Å². The molecule has 1 aliphatic carbocycles. The highest BCUT2D eigenvalue weighted by Gasteiger charge is 2.60. The van der Waals surface area contributed by atoms with Gasteiger partial charge in [-0.2, -0.15) is 0 Å². The molecule has 0 unspecified atom stereocenters. The smallest absolute Gasteiger partial charge is 0.119 e. The molecule has 0 bridgehead atoms. The van der Waals surface area contributed by atoms with Gasteiger partial charge in [-0.25, -0.2) is 0 Å². The lowest BCUT2D eigenvalue weighted by Gasteiger charge is -2.51. The average Bonchev–Trinajstić information content (AvgIpc) is 2.11. The summed E-state index contributed by atoms with van der Waals surface area (Å²) >= 11 is 0. The molecule has 6 heteroatoms. The highest BCUT2D eigenvalue weighted by atomic mass is 16.4. The van der Waals surface area contributed by atoms with E-state index in [-0.39, 0.29) is 0 Å². The summed E-state index contributed by atoms with van der Waals surface area (Å²) in [5.74, 6) is 0. The maximum Gasteiger partial charge on any atom is 0.119 e. The molecule has 1 aliphatic rings. The fourth-order valence-corrected chi connectivity index (χ4v) is 1.78. The van der Waals surface area contributed by atoms with E-state index in [1.807, 2.05) is 0 Å².